The molecule has 0 bridgehead atoms. The molecule has 1 nitrogen and oxygen atoms in total. The van der Waals surface area contributed by atoms with Gasteiger partial charge in [-0.05, 0) is 38.1 Å². The summed E-state index contributed by atoms with van der Waals surface area (Å²) in [7, 11) is 0. The van der Waals surface area contributed by atoms with Gasteiger partial charge in [0.25, 0.3) is 0 Å². The van der Waals surface area contributed by atoms with Crippen LogP contribution in [-0.2, 0) is 0 Å². The summed E-state index contributed by atoms with van der Waals surface area (Å²) in [6, 6.07) is 7.36. The Hall–Kier alpha value is -0.690. The molecule has 0 saturated carbocycles. The predicted molar refractivity (Wildman–Crippen MR) is 47.2 cm³/mol. The molecule has 0 aliphatic carbocycles. The molecule has 0 aromatic heterocycles. The highest BCUT2D eigenvalue weighted by Crippen LogP contribution is 2.16. The van der Waals surface area contributed by atoms with Crippen LogP contribution in [-0.4, -0.2) is 6.10 Å². The summed E-state index contributed by atoms with van der Waals surface area (Å²) in [6.45, 7) is 3.99. The zero-order chi connectivity index (χ0) is 8.27. The normalized spacial score (nSPS) is 10.2. The topological polar surface area (TPSA) is 9.23 Å². The Labute approximate surface area is 71.9 Å². The van der Waals surface area contributed by atoms with Crippen molar-refractivity contribution in [3.8, 4) is 5.75 Å². The monoisotopic (exact) mass is 170 g/mol. The van der Waals surface area contributed by atoms with Crippen LogP contribution in [0.2, 0.25) is 5.02 Å². The number of ether oxygens (including phenoxy) is 1. The summed E-state index contributed by atoms with van der Waals surface area (Å²) in [5, 5.41) is 0.737. The van der Waals surface area contributed by atoms with Crippen molar-refractivity contribution in [3.63, 3.8) is 0 Å². The average Bonchev–Trinajstić information content (AvgIpc) is 1.93. The van der Waals surface area contributed by atoms with Gasteiger partial charge in [0.1, 0.15) is 5.75 Å². The van der Waals surface area contributed by atoms with Gasteiger partial charge in [0, 0.05) is 5.02 Å². The van der Waals surface area contributed by atoms with Crippen LogP contribution in [0.15, 0.2) is 24.3 Å². The molecular formula is C9H11ClO. The van der Waals surface area contributed by atoms with Crippen molar-refractivity contribution >= 4 is 11.6 Å². The van der Waals surface area contributed by atoms with Crippen LogP contribution in [0.25, 0.3) is 0 Å². The average molecular weight is 171 g/mol. The number of rotatable bonds is 2. The van der Waals surface area contributed by atoms with E-state index in [1.54, 1.807) is 0 Å². The van der Waals surface area contributed by atoms with E-state index >= 15 is 0 Å². The van der Waals surface area contributed by atoms with Gasteiger partial charge in [-0.3, -0.25) is 0 Å². The molecule has 1 rings (SSSR count). The van der Waals surface area contributed by atoms with Crippen molar-refractivity contribution in [1.29, 1.82) is 0 Å². The molecule has 60 valence electrons. The van der Waals surface area contributed by atoms with Crippen LogP contribution >= 0.6 is 11.6 Å². The Bertz CT molecular complexity index is 216. The lowest BCUT2D eigenvalue weighted by Crippen LogP contribution is -2.04. The summed E-state index contributed by atoms with van der Waals surface area (Å²) >= 11 is 5.69. The van der Waals surface area contributed by atoms with E-state index < -0.39 is 0 Å². The molecule has 0 heterocycles. The van der Waals surface area contributed by atoms with Crippen LogP contribution in [0.4, 0.5) is 0 Å². The van der Waals surface area contributed by atoms with Crippen LogP contribution in [0.3, 0.4) is 0 Å². The Morgan fingerprint density at radius 1 is 1.18 bits per heavy atom. The fourth-order valence-corrected chi connectivity index (χ4v) is 0.911. The Morgan fingerprint density at radius 3 is 2.18 bits per heavy atom. The Morgan fingerprint density at radius 2 is 1.73 bits per heavy atom. The zero-order valence-electron chi connectivity index (χ0n) is 6.67. The largest absolute Gasteiger partial charge is 0.491 e. The van der Waals surface area contributed by atoms with Crippen LogP contribution in [0.5, 0.6) is 5.75 Å². The minimum absolute atomic E-state index is 0.219. The molecule has 0 unspecified atom stereocenters. The van der Waals surface area contributed by atoms with Gasteiger partial charge in [-0.2, -0.15) is 0 Å². The van der Waals surface area contributed by atoms with Crippen molar-refractivity contribution in [2.75, 3.05) is 0 Å². The number of hydrogen-bond acceptors (Lipinski definition) is 1. The van der Waals surface area contributed by atoms with Gasteiger partial charge in [-0.1, -0.05) is 11.6 Å². The van der Waals surface area contributed by atoms with E-state index in [-0.39, 0.29) is 6.10 Å². The number of hydrogen-bond donors (Lipinski definition) is 0. The van der Waals surface area contributed by atoms with Crippen molar-refractivity contribution in [2.24, 2.45) is 0 Å². The Kier molecular flexibility index (Phi) is 2.77. The quantitative estimate of drug-likeness (QED) is 0.663. The summed E-state index contributed by atoms with van der Waals surface area (Å²) in [5.74, 6) is 0.865. The molecular weight excluding hydrogens is 160 g/mol. The molecule has 0 radical (unpaired) electrons. The highest BCUT2D eigenvalue weighted by atomic mass is 35.5. The zero-order valence-corrected chi connectivity index (χ0v) is 7.43. The molecule has 0 N–H and O–H groups in total. The first-order valence-corrected chi connectivity index (χ1v) is 3.98. The fraction of sp³-hybridized carbons (Fsp3) is 0.333. The highest BCUT2D eigenvalue weighted by molar-refractivity contribution is 6.30. The van der Waals surface area contributed by atoms with Crippen LogP contribution in [0, 0.1) is 0 Å². The maximum absolute atomic E-state index is 5.69. The molecule has 11 heavy (non-hydrogen) atoms. The molecule has 0 aliphatic heterocycles. The van der Waals surface area contributed by atoms with Crippen LogP contribution < -0.4 is 4.74 Å². The van der Waals surface area contributed by atoms with Gasteiger partial charge >= 0.3 is 0 Å². The molecule has 0 fully saturated rings. The number of benzene rings is 1. The standard InChI is InChI=1S/C9H11ClO/c1-7(2)11-9-5-3-8(10)4-6-9/h3-7H,1-2H3. The first-order valence-electron chi connectivity index (χ1n) is 3.60. The van der Waals surface area contributed by atoms with E-state index in [1.807, 2.05) is 38.1 Å². The van der Waals surface area contributed by atoms with E-state index in [4.69, 9.17) is 16.3 Å². The predicted octanol–water partition coefficient (Wildman–Crippen LogP) is 3.13. The molecule has 0 amide bonds. The van der Waals surface area contributed by atoms with Crippen molar-refractivity contribution in [3.05, 3.63) is 29.3 Å². The minimum Gasteiger partial charge on any atom is -0.491 e. The molecule has 1 aromatic rings. The molecule has 2 heteroatoms. The second kappa shape index (κ2) is 3.63. The van der Waals surface area contributed by atoms with Crippen molar-refractivity contribution in [1.82, 2.24) is 0 Å². The molecule has 0 aliphatic rings. The highest BCUT2D eigenvalue weighted by Gasteiger charge is 1.95. The number of halogens is 1. The third-order valence-electron chi connectivity index (χ3n) is 1.19. The first kappa shape index (κ1) is 8.41. The van der Waals surface area contributed by atoms with E-state index in [0.29, 0.717) is 0 Å². The summed E-state index contributed by atoms with van der Waals surface area (Å²) < 4.78 is 5.41. The lowest BCUT2D eigenvalue weighted by atomic mass is 10.3. The van der Waals surface area contributed by atoms with E-state index in [9.17, 15) is 0 Å². The third-order valence-corrected chi connectivity index (χ3v) is 1.44. The van der Waals surface area contributed by atoms with Gasteiger partial charge in [-0.15, -0.1) is 0 Å². The summed E-state index contributed by atoms with van der Waals surface area (Å²) in [4.78, 5) is 0. The SMILES string of the molecule is CC(C)Oc1ccc(Cl)cc1. The van der Waals surface area contributed by atoms with Gasteiger partial charge < -0.3 is 4.74 Å². The maximum atomic E-state index is 5.69. The lowest BCUT2D eigenvalue weighted by Gasteiger charge is -2.08. The summed E-state index contributed by atoms with van der Waals surface area (Å²) in [5.41, 5.74) is 0. The molecule has 1 aromatic carbocycles. The smallest absolute Gasteiger partial charge is 0.119 e. The van der Waals surface area contributed by atoms with Gasteiger partial charge in [0.15, 0.2) is 0 Å². The summed E-state index contributed by atoms with van der Waals surface area (Å²) in [6.07, 6.45) is 0.219. The second-order valence-corrected chi connectivity index (χ2v) is 3.06. The van der Waals surface area contributed by atoms with Crippen molar-refractivity contribution < 1.29 is 4.74 Å². The molecule has 0 atom stereocenters. The van der Waals surface area contributed by atoms with Gasteiger partial charge in [0.2, 0.25) is 0 Å². The third kappa shape index (κ3) is 2.81. The fourth-order valence-electron chi connectivity index (χ4n) is 0.785. The van der Waals surface area contributed by atoms with E-state index in [1.165, 1.54) is 0 Å². The van der Waals surface area contributed by atoms with Gasteiger partial charge in [-0.25, -0.2) is 0 Å². The van der Waals surface area contributed by atoms with E-state index in [0.717, 1.165) is 10.8 Å². The van der Waals surface area contributed by atoms with E-state index in [2.05, 4.69) is 0 Å². The van der Waals surface area contributed by atoms with Crippen molar-refractivity contribution in [2.45, 2.75) is 20.0 Å². The lowest BCUT2D eigenvalue weighted by molar-refractivity contribution is 0.242. The van der Waals surface area contributed by atoms with Gasteiger partial charge in [0.05, 0.1) is 6.10 Å². The minimum atomic E-state index is 0.219. The maximum Gasteiger partial charge on any atom is 0.119 e. The molecule has 0 saturated heterocycles. The first-order chi connectivity index (χ1) is 5.18. The second-order valence-electron chi connectivity index (χ2n) is 2.62. The van der Waals surface area contributed by atoms with Crippen LogP contribution in [0.1, 0.15) is 13.8 Å². The molecule has 0 spiro atoms. The Balaban J connectivity index is 2.66.